The van der Waals surface area contributed by atoms with Crippen LogP contribution in [0.1, 0.15) is 13.3 Å². The molecule has 0 saturated carbocycles. The molecule has 2 nitrogen and oxygen atoms in total. The van der Waals surface area contributed by atoms with Gasteiger partial charge in [-0.2, -0.15) is 0 Å². The van der Waals surface area contributed by atoms with Gasteiger partial charge in [-0.1, -0.05) is 6.92 Å². The van der Waals surface area contributed by atoms with Crippen molar-refractivity contribution < 1.29 is 9.59 Å². The summed E-state index contributed by atoms with van der Waals surface area (Å²) in [4.78, 5) is 0. The molecule has 0 aliphatic heterocycles. The Morgan fingerprint density at radius 2 is 1.60 bits per heavy atom. The Hall–Kier alpha value is 1.21. The number of rotatable bonds is 2. The molecule has 0 aromatic rings. The Bertz CT molecular complexity index is 74.6. The Morgan fingerprint density at radius 1 is 1.30 bits per heavy atom. The number of hydrogen-bond acceptors (Lipinski definition) is 1. The van der Waals surface area contributed by atoms with Crippen molar-refractivity contribution in [1.29, 1.82) is 0 Å². The first-order valence-corrected chi connectivity index (χ1v) is 2.97. The number of hydrogen-bond donors (Lipinski definition) is 1. The summed E-state index contributed by atoms with van der Waals surface area (Å²) >= 11 is 0. The Balaban J connectivity index is -0.000000245. The van der Waals surface area contributed by atoms with Gasteiger partial charge in [0.1, 0.15) is 0 Å². The molecule has 4 heteroatoms. The summed E-state index contributed by atoms with van der Waals surface area (Å²) in [6.45, 7) is 1.98. The molecule has 60 valence electrons. The van der Waals surface area contributed by atoms with Gasteiger partial charge < -0.3 is 9.59 Å². The van der Waals surface area contributed by atoms with E-state index < -0.39 is 0 Å². The predicted octanol–water partition coefficient (Wildman–Crippen LogP) is 0.194. The average molecular weight is 179 g/mol. The summed E-state index contributed by atoms with van der Waals surface area (Å²) in [5.41, 5.74) is 0. The summed E-state index contributed by atoms with van der Waals surface area (Å²) in [6, 6.07) is 0. The van der Waals surface area contributed by atoms with Gasteiger partial charge in [0.2, 0.25) is 0 Å². The van der Waals surface area contributed by atoms with Crippen LogP contribution in [0.3, 0.4) is 0 Å². The molecular weight excluding hydrogens is 161 g/mol. The standard InChI is InChI=1S/C6H16NO.ClH.Na.H/c1-5-6(8)7(2,3)4;;;/h6,8H,5H2,1-4H3;1H;;/q+1;;;. The summed E-state index contributed by atoms with van der Waals surface area (Å²) in [6.07, 6.45) is 0.610. The van der Waals surface area contributed by atoms with Gasteiger partial charge in [0, 0.05) is 6.42 Å². The molecule has 0 aliphatic carbocycles. The van der Waals surface area contributed by atoms with Crippen molar-refractivity contribution >= 4 is 42.0 Å². The van der Waals surface area contributed by atoms with Gasteiger partial charge in [0.05, 0.1) is 21.1 Å². The van der Waals surface area contributed by atoms with Crippen molar-refractivity contribution in [3.8, 4) is 0 Å². The summed E-state index contributed by atoms with van der Waals surface area (Å²) in [5, 5.41) is 9.17. The topological polar surface area (TPSA) is 20.2 Å². The van der Waals surface area contributed by atoms with Gasteiger partial charge in [-0.05, 0) is 0 Å². The van der Waals surface area contributed by atoms with Crippen LogP contribution in [0.15, 0.2) is 0 Å². The molecule has 0 aromatic heterocycles. The van der Waals surface area contributed by atoms with Crippen LogP contribution in [0.25, 0.3) is 0 Å². The molecule has 0 amide bonds. The first kappa shape index (κ1) is 17.3. The van der Waals surface area contributed by atoms with Gasteiger partial charge >= 0.3 is 29.6 Å². The fraction of sp³-hybridized carbons (Fsp3) is 1.00. The minimum atomic E-state index is -0.213. The fourth-order valence-electron chi connectivity index (χ4n) is 0.548. The molecule has 1 atom stereocenters. The zero-order chi connectivity index (χ0) is 6.78. The van der Waals surface area contributed by atoms with Crippen LogP contribution in [0, 0.1) is 0 Å². The first-order chi connectivity index (χ1) is 3.48. The fourth-order valence-corrected chi connectivity index (χ4v) is 0.548. The second-order valence-electron chi connectivity index (χ2n) is 3.01. The predicted molar refractivity (Wildman–Crippen MR) is 48.7 cm³/mol. The Morgan fingerprint density at radius 3 is 1.60 bits per heavy atom. The van der Waals surface area contributed by atoms with Crippen LogP contribution >= 0.6 is 12.4 Å². The monoisotopic (exact) mass is 178 g/mol. The second kappa shape index (κ2) is 6.89. The van der Waals surface area contributed by atoms with Crippen LogP contribution in [0.2, 0.25) is 0 Å². The van der Waals surface area contributed by atoms with Gasteiger partial charge in [0.15, 0.2) is 6.23 Å². The zero-order valence-corrected chi connectivity index (χ0v) is 7.40. The van der Waals surface area contributed by atoms with Crippen LogP contribution in [-0.4, -0.2) is 66.5 Å². The van der Waals surface area contributed by atoms with Crippen LogP contribution in [0.5, 0.6) is 0 Å². The summed E-state index contributed by atoms with van der Waals surface area (Å²) in [5.74, 6) is 0. The molecule has 0 spiro atoms. The van der Waals surface area contributed by atoms with Crippen molar-refractivity contribution in [2.24, 2.45) is 0 Å². The molecule has 0 saturated heterocycles. The molecule has 1 unspecified atom stereocenters. The molecular formula is C6H18ClNNaO+. The molecule has 0 heterocycles. The molecule has 0 bridgehead atoms. The average Bonchev–Trinajstić information content (AvgIpc) is 1.62. The van der Waals surface area contributed by atoms with E-state index in [-0.39, 0.29) is 48.2 Å². The third-order valence-corrected chi connectivity index (χ3v) is 1.26. The third-order valence-electron chi connectivity index (χ3n) is 1.26. The maximum absolute atomic E-state index is 9.17. The van der Waals surface area contributed by atoms with Crippen molar-refractivity contribution in [2.45, 2.75) is 19.6 Å². The SMILES string of the molecule is CCC(O)[N+](C)(C)C.Cl.[NaH]. The first-order valence-electron chi connectivity index (χ1n) is 2.97. The van der Waals surface area contributed by atoms with Crippen LogP contribution in [-0.2, 0) is 0 Å². The molecule has 10 heavy (non-hydrogen) atoms. The molecule has 1 N–H and O–H groups in total. The number of quaternary nitrogens is 1. The van der Waals surface area contributed by atoms with E-state index in [1.165, 1.54) is 0 Å². The van der Waals surface area contributed by atoms with Crippen molar-refractivity contribution in [3.05, 3.63) is 0 Å². The second-order valence-corrected chi connectivity index (χ2v) is 3.01. The van der Waals surface area contributed by atoms with E-state index in [2.05, 4.69) is 0 Å². The Labute approximate surface area is 91.9 Å². The van der Waals surface area contributed by atoms with E-state index in [1.54, 1.807) is 0 Å². The molecule has 0 radical (unpaired) electrons. The maximum atomic E-state index is 9.17. The van der Waals surface area contributed by atoms with E-state index in [0.29, 0.717) is 4.48 Å². The van der Waals surface area contributed by atoms with Crippen molar-refractivity contribution in [2.75, 3.05) is 21.1 Å². The summed E-state index contributed by atoms with van der Waals surface area (Å²) in [7, 11) is 5.94. The zero-order valence-electron chi connectivity index (χ0n) is 6.59. The van der Waals surface area contributed by atoms with E-state index in [1.807, 2.05) is 28.1 Å². The third kappa shape index (κ3) is 7.32. The van der Waals surface area contributed by atoms with Gasteiger partial charge in [-0.15, -0.1) is 12.4 Å². The molecule has 0 fully saturated rings. The van der Waals surface area contributed by atoms with Crippen LogP contribution < -0.4 is 0 Å². The van der Waals surface area contributed by atoms with Gasteiger partial charge in [0.25, 0.3) is 0 Å². The number of aliphatic hydroxyl groups excluding tert-OH is 1. The van der Waals surface area contributed by atoms with Gasteiger partial charge in [-0.25, -0.2) is 0 Å². The van der Waals surface area contributed by atoms with E-state index in [4.69, 9.17) is 5.11 Å². The minimum absolute atomic E-state index is 0. The normalized spacial score (nSPS) is 12.9. The molecule has 0 aliphatic rings. The van der Waals surface area contributed by atoms with Gasteiger partial charge in [-0.3, -0.25) is 0 Å². The number of aliphatic hydroxyl groups is 1. The van der Waals surface area contributed by atoms with Crippen LogP contribution in [0.4, 0.5) is 0 Å². The number of halogens is 1. The van der Waals surface area contributed by atoms with E-state index in [9.17, 15) is 0 Å². The van der Waals surface area contributed by atoms with Crippen molar-refractivity contribution in [1.82, 2.24) is 0 Å². The molecule has 0 aromatic carbocycles. The van der Waals surface area contributed by atoms with E-state index in [0.717, 1.165) is 6.42 Å². The number of nitrogens with zero attached hydrogens (tertiary/aromatic N) is 1. The summed E-state index contributed by atoms with van der Waals surface area (Å²) < 4.78 is 0.635. The molecule has 0 rings (SSSR count). The quantitative estimate of drug-likeness (QED) is 0.364. The van der Waals surface area contributed by atoms with E-state index >= 15 is 0 Å². The Kier molecular flexibility index (Phi) is 11.9. The van der Waals surface area contributed by atoms with Crippen molar-refractivity contribution in [3.63, 3.8) is 0 Å².